The topological polar surface area (TPSA) is 84.8 Å². The van der Waals surface area contributed by atoms with Gasteiger partial charge in [0.15, 0.2) is 11.0 Å². The van der Waals surface area contributed by atoms with E-state index in [4.69, 9.17) is 23.2 Å². The summed E-state index contributed by atoms with van der Waals surface area (Å²) in [5, 5.41) is 9.91. The molecule has 0 saturated heterocycles. The van der Waals surface area contributed by atoms with Crippen molar-refractivity contribution in [2.24, 2.45) is 0 Å². The lowest BCUT2D eigenvalue weighted by atomic mass is 10.4. The molecule has 6 nitrogen and oxygen atoms in total. The van der Waals surface area contributed by atoms with Crippen LogP contribution in [0.1, 0.15) is 0 Å². The summed E-state index contributed by atoms with van der Waals surface area (Å²) in [5.41, 5.74) is 0. The fraction of sp³-hybridized carbons (Fsp3) is 0. The van der Waals surface area contributed by atoms with Crippen LogP contribution in [0.2, 0.25) is 10.2 Å². The van der Waals surface area contributed by atoms with Crippen molar-refractivity contribution in [2.75, 3.05) is 4.72 Å². The molecule has 0 aliphatic heterocycles. The Balaban J connectivity index is 2.37. The second-order valence-corrected chi connectivity index (χ2v) is 5.58. The highest BCUT2D eigenvalue weighted by molar-refractivity contribution is 7.92. The lowest BCUT2D eigenvalue weighted by Gasteiger charge is -2.07. The Labute approximate surface area is 113 Å². The average molecular weight is 305 g/mol. The summed E-state index contributed by atoms with van der Waals surface area (Å²) in [6.45, 7) is 0. The lowest BCUT2D eigenvalue weighted by Crippen LogP contribution is -2.15. The van der Waals surface area contributed by atoms with Gasteiger partial charge < -0.3 is 0 Å². The molecule has 1 heterocycles. The maximum Gasteiger partial charge on any atom is 0.263 e. The number of sulfonamides is 1. The van der Waals surface area contributed by atoms with Crippen molar-refractivity contribution in [2.45, 2.75) is 4.90 Å². The van der Waals surface area contributed by atoms with E-state index in [1.54, 1.807) is 18.2 Å². The normalized spacial score (nSPS) is 11.2. The first-order chi connectivity index (χ1) is 8.50. The van der Waals surface area contributed by atoms with Crippen molar-refractivity contribution >= 4 is 39.0 Å². The molecule has 1 N–H and O–H groups in total. The third kappa shape index (κ3) is 2.69. The molecular formula is C9H6Cl2N4O2S. The minimum absolute atomic E-state index is 0.0794. The summed E-state index contributed by atoms with van der Waals surface area (Å²) < 4.78 is 26.1. The van der Waals surface area contributed by atoms with Crippen LogP contribution >= 0.6 is 23.2 Å². The van der Waals surface area contributed by atoms with Gasteiger partial charge in [-0.25, -0.2) is 8.42 Å². The van der Waals surface area contributed by atoms with Crippen LogP contribution in [0, 0.1) is 0 Å². The number of hydrogen-bond acceptors (Lipinski definition) is 5. The number of rotatable bonds is 3. The summed E-state index contributed by atoms with van der Waals surface area (Å²) >= 11 is 11.4. The minimum Gasteiger partial charge on any atom is -0.260 e. The zero-order chi connectivity index (χ0) is 13.2. The van der Waals surface area contributed by atoms with Gasteiger partial charge in [0.25, 0.3) is 10.0 Å². The molecule has 0 aliphatic rings. The zero-order valence-electron chi connectivity index (χ0n) is 8.71. The predicted molar refractivity (Wildman–Crippen MR) is 67.1 cm³/mol. The summed E-state index contributed by atoms with van der Waals surface area (Å²) in [4.78, 5) is 0.0794. The summed E-state index contributed by atoms with van der Waals surface area (Å²) in [6.07, 6.45) is 0. The number of anilines is 1. The maximum absolute atomic E-state index is 12.0. The smallest absolute Gasteiger partial charge is 0.260 e. The molecule has 18 heavy (non-hydrogen) atoms. The number of nitrogens with zero attached hydrogens (tertiary/aromatic N) is 3. The first-order valence-electron chi connectivity index (χ1n) is 4.63. The molecule has 0 atom stereocenters. The maximum atomic E-state index is 12.0. The Kier molecular flexibility index (Phi) is 3.65. The zero-order valence-corrected chi connectivity index (χ0v) is 11.0. The quantitative estimate of drug-likeness (QED) is 0.937. The molecule has 0 bridgehead atoms. The van der Waals surface area contributed by atoms with Gasteiger partial charge in [0, 0.05) is 0 Å². The molecule has 2 rings (SSSR count). The highest BCUT2D eigenvalue weighted by atomic mass is 35.5. The van der Waals surface area contributed by atoms with Crippen LogP contribution in [-0.4, -0.2) is 23.8 Å². The van der Waals surface area contributed by atoms with Gasteiger partial charge in [-0.1, -0.05) is 41.4 Å². The first-order valence-corrected chi connectivity index (χ1v) is 6.87. The molecule has 94 valence electrons. The summed E-state index contributed by atoms with van der Waals surface area (Å²) in [6, 6.07) is 7.77. The van der Waals surface area contributed by atoms with Crippen molar-refractivity contribution < 1.29 is 8.42 Å². The fourth-order valence-corrected chi connectivity index (χ4v) is 2.48. The molecule has 2 aromatic rings. The van der Waals surface area contributed by atoms with E-state index < -0.39 is 10.0 Å². The molecule has 0 saturated carbocycles. The van der Waals surface area contributed by atoms with Gasteiger partial charge in [0.05, 0.1) is 4.90 Å². The van der Waals surface area contributed by atoms with E-state index in [0.717, 1.165) is 0 Å². The second-order valence-electron chi connectivity index (χ2n) is 3.16. The van der Waals surface area contributed by atoms with Crippen molar-refractivity contribution in [3.63, 3.8) is 0 Å². The number of nitrogens with one attached hydrogen (secondary N) is 1. The van der Waals surface area contributed by atoms with E-state index in [0.29, 0.717) is 0 Å². The Morgan fingerprint density at radius 1 is 1.06 bits per heavy atom. The van der Waals surface area contributed by atoms with Gasteiger partial charge in [0.2, 0.25) is 0 Å². The monoisotopic (exact) mass is 304 g/mol. The Morgan fingerprint density at radius 3 is 2.39 bits per heavy atom. The van der Waals surface area contributed by atoms with Gasteiger partial charge in [-0.2, -0.15) is 0 Å². The third-order valence-electron chi connectivity index (χ3n) is 1.95. The van der Waals surface area contributed by atoms with Crippen molar-refractivity contribution in [3.05, 3.63) is 40.5 Å². The van der Waals surface area contributed by atoms with E-state index in [9.17, 15) is 8.42 Å². The molecule has 1 aromatic heterocycles. The Bertz CT molecular complexity index is 664. The van der Waals surface area contributed by atoms with Crippen LogP contribution < -0.4 is 4.72 Å². The van der Waals surface area contributed by atoms with Crippen LogP contribution in [0.5, 0.6) is 0 Å². The highest BCUT2D eigenvalue weighted by Gasteiger charge is 2.18. The largest absolute Gasteiger partial charge is 0.263 e. The van der Waals surface area contributed by atoms with Crippen molar-refractivity contribution in [3.8, 4) is 0 Å². The lowest BCUT2D eigenvalue weighted by molar-refractivity contribution is 0.601. The summed E-state index contributed by atoms with van der Waals surface area (Å²) in [7, 11) is -3.78. The molecule has 0 fully saturated rings. The SMILES string of the molecule is O=S(=O)(Nc1nnnc(Cl)c1Cl)c1ccccc1. The van der Waals surface area contributed by atoms with Crippen LogP contribution in [0.15, 0.2) is 35.2 Å². The molecule has 0 amide bonds. The van der Waals surface area contributed by atoms with Gasteiger partial charge in [0.1, 0.15) is 5.02 Å². The van der Waals surface area contributed by atoms with Crippen LogP contribution in [0.4, 0.5) is 5.82 Å². The van der Waals surface area contributed by atoms with Gasteiger partial charge in [-0.3, -0.25) is 4.72 Å². The molecule has 9 heteroatoms. The highest BCUT2D eigenvalue weighted by Crippen LogP contribution is 2.26. The molecule has 1 aromatic carbocycles. The number of hydrogen-bond donors (Lipinski definition) is 1. The van der Waals surface area contributed by atoms with E-state index in [1.165, 1.54) is 12.1 Å². The number of aromatic nitrogens is 3. The predicted octanol–water partition coefficient (Wildman–Crippen LogP) is 1.98. The van der Waals surface area contributed by atoms with E-state index in [1.807, 2.05) is 0 Å². The number of benzene rings is 1. The Morgan fingerprint density at radius 2 is 1.72 bits per heavy atom. The van der Waals surface area contributed by atoms with Crippen molar-refractivity contribution in [1.29, 1.82) is 0 Å². The molecular weight excluding hydrogens is 299 g/mol. The standard InChI is InChI=1S/C9H6Cl2N4O2S/c10-7-8(11)12-15-13-9(7)14-18(16,17)6-4-2-1-3-5-6/h1-5H,(H,12,13,14). The number of halogens is 2. The van der Waals surface area contributed by atoms with Gasteiger partial charge in [-0.05, 0) is 17.3 Å². The van der Waals surface area contributed by atoms with E-state index >= 15 is 0 Å². The van der Waals surface area contributed by atoms with Gasteiger partial charge in [-0.15, -0.1) is 10.2 Å². The Hall–Kier alpha value is -1.44. The van der Waals surface area contributed by atoms with Crippen LogP contribution in [-0.2, 0) is 10.0 Å². The van der Waals surface area contributed by atoms with Crippen LogP contribution in [0.25, 0.3) is 0 Å². The van der Waals surface area contributed by atoms with E-state index in [2.05, 4.69) is 20.1 Å². The minimum atomic E-state index is -3.78. The fourth-order valence-electron chi connectivity index (χ4n) is 1.14. The summed E-state index contributed by atoms with van der Waals surface area (Å²) in [5.74, 6) is -0.166. The first kappa shape index (κ1) is 13.0. The third-order valence-corrected chi connectivity index (χ3v) is 4.02. The average Bonchev–Trinajstić information content (AvgIpc) is 2.36. The molecule has 0 unspecified atom stereocenters. The molecule has 0 radical (unpaired) electrons. The van der Waals surface area contributed by atoms with E-state index in [-0.39, 0.29) is 20.9 Å². The molecule has 0 aliphatic carbocycles. The molecule has 0 spiro atoms. The van der Waals surface area contributed by atoms with Gasteiger partial charge >= 0.3 is 0 Å². The second kappa shape index (κ2) is 5.05. The van der Waals surface area contributed by atoms with Crippen LogP contribution in [0.3, 0.4) is 0 Å². The van der Waals surface area contributed by atoms with Crippen molar-refractivity contribution in [1.82, 2.24) is 15.4 Å².